The van der Waals surface area contributed by atoms with Crippen LogP contribution in [-0.4, -0.2) is 53.1 Å². The molecule has 5 rings (SSSR count). The summed E-state index contributed by atoms with van der Waals surface area (Å²) in [6, 6.07) is 6.19. The van der Waals surface area contributed by atoms with Gasteiger partial charge < -0.3 is 15.2 Å². The van der Waals surface area contributed by atoms with E-state index in [0.29, 0.717) is 11.8 Å². The Morgan fingerprint density at radius 1 is 1.21 bits per heavy atom. The van der Waals surface area contributed by atoms with Crippen LogP contribution in [0.15, 0.2) is 36.9 Å². The minimum absolute atomic E-state index is 0.239. The van der Waals surface area contributed by atoms with Gasteiger partial charge in [-0.05, 0) is 56.4 Å². The molecule has 0 unspecified atom stereocenters. The number of pyridine rings is 1. The van der Waals surface area contributed by atoms with E-state index >= 15 is 0 Å². The van der Waals surface area contributed by atoms with Crippen LogP contribution >= 0.6 is 0 Å². The highest BCUT2D eigenvalue weighted by Gasteiger charge is 2.29. The third kappa shape index (κ3) is 3.27. The van der Waals surface area contributed by atoms with Gasteiger partial charge in [-0.25, -0.2) is 14.0 Å². The zero-order chi connectivity index (χ0) is 20.0. The Morgan fingerprint density at radius 2 is 2.00 bits per heavy atom. The first-order valence-corrected chi connectivity index (χ1v) is 9.74. The second kappa shape index (κ2) is 6.70. The van der Waals surface area contributed by atoms with Crippen molar-refractivity contribution in [1.29, 1.82) is 0 Å². The van der Waals surface area contributed by atoms with Crippen LogP contribution in [0.2, 0.25) is 0 Å². The summed E-state index contributed by atoms with van der Waals surface area (Å²) in [5.41, 5.74) is 2.96. The Bertz CT molecular complexity index is 1170. The molecule has 1 fully saturated rings. The molecular weight excluding hydrogens is 370 g/mol. The lowest BCUT2D eigenvalue weighted by Gasteiger charge is -2.33. The van der Waals surface area contributed by atoms with Gasteiger partial charge >= 0.3 is 0 Å². The van der Waals surface area contributed by atoms with Gasteiger partial charge in [-0.15, -0.1) is 5.10 Å². The van der Waals surface area contributed by atoms with E-state index in [-0.39, 0.29) is 6.04 Å². The van der Waals surface area contributed by atoms with Gasteiger partial charge in [-0.2, -0.15) is 10.1 Å². The molecule has 0 spiro atoms. The lowest BCUT2D eigenvalue weighted by Crippen LogP contribution is -2.36. The fourth-order valence-electron chi connectivity index (χ4n) is 3.98. The van der Waals surface area contributed by atoms with E-state index in [4.69, 9.17) is 4.74 Å². The van der Waals surface area contributed by atoms with Gasteiger partial charge in [0.1, 0.15) is 11.8 Å². The topological polar surface area (TPSA) is 102 Å². The molecule has 150 valence electrons. The second-order valence-corrected chi connectivity index (χ2v) is 7.86. The Morgan fingerprint density at radius 3 is 2.79 bits per heavy atom. The minimum atomic E-state index is -0.568. The lowest BCUT2D eigenvalue weighted by atomic mass is 9.84. The van der Waals surface area contributed by atoms with E-state index in [1.165, 1.54) is 6.33 Å². The van der Waals surface area contributed by atoms with Crippen molar-refractivity contribution < 1.29 is 9.84 Å². The number of fused-ring (bicyclic) bond motifs is 2. The molecule has 0 aromatic carbocycles. The molecule has 9 nitrogen and oxygen atoms in total. The van der Waals surface area contributed by atoms with Crippen molar-refractivity contribution in [2.45, 2.75) is 44.2 Å². The molecule has 9 heteroatoms. The van der Waals surface area contributed by atoms with Crippen LogP contribution < -0.4 is 10.1 Å². The minimum Gasteiger partial charge on any atom is -0.479 e. The highest BCUT2D eigenvalue weighted by atomic mass is 16.5. The number of nitrogens with zero attached hydrogens (tertiary/aromatic N) is 6. The van der Waals surface area contributed by atoms with Crippen molar-refractivity contribution in [3.8, 4) is 17.0 Å². The number of hydrogen-bond acceptors (Lipinski definition) is 7. The average molecular weight is 393 g/mol. The zero-order valence-corrected chi connectivity index (χ0v) is 16.4. The summed E-state index contributed by atoms with van der Waals surface area (Å²) in [6.07, 6.45) is 8.61. The summed E-state index contributed by atoms with van der Waals surface area (Å²) < 4.78 is 9.11. The third-order valence-electron chi connectivity index (χ3n) is 5.66. The first kappa shape index (κ1) is 17.9. The molecule has 1 saturated carbocycles. The molecule has 4 aromatic heterocycles. The molecule has 0 atom stereocenters. The molecule has 1 aliphatic rings. The van der Waals surface area contributed by atoms with Crippen LogP contribution in [0.25, 0.3) is 22.3 Å². The highest BCUT2D eigenvalue weighted by molar-refractivity contribution is 5.85. The van der Waals surface area contributed by atoms with Gasteiger partial charge in [0.15, 0.2) is 5.65 Å². The maximum Gasteiger partial charge on any atom is 0.244 e. The van der Waals surface area contributed by atoms with Crippen LogP contribution in [0.3, 0.4) is 0 Å². The van der Waals surface area contributed by atoms with Crippen LogP contribution in [0.5, 0.6) is 5.88 Å². The van der Waals surface area contributed by atoms with Gasteiger partial charge in [-0.1, -0.05) is 0 Å². The van der Waals surface area contributed by atoms with Gasteiger partial charge in [0.2, 0.25) is 11.8 Å². The Hall–Kier alpha value is -3.20. The number of nitrogens with one attached hydrogen (secondary N) is 1. The standard InChI is InChI=1S/C20H23N7O2/c1-20(28)7-3-14(4-8-20)23-19-24-18(29-2)17-15(6-10-27(17)25-19)13-5-9-26-16(11-13)21-12-22-26/h5-6,9-12,14,28H,3-4,7-8H2,1-2H3,(H,23,25). The number of anilines is 1. The summed E-state index contributed by atoms with van der Waals surface area (Å²) in [6.45, 7) is 1.90. The summed E-state index contributed by atoms with van der Waals surface area (Å²) in [5.74, 6) is 1.03. The largest absolute Gasteiger partial charge is 0.479 e. The highest BCUT2D eigenvalue weighted by Crippen LogP contribution is 2.33. The monoisotopic (exact) mass is 393 g/mol. The number of ether oxygens (including phenoxy) is 1. The Balaban J connectivity index is 1.49. The van der Waals surface area contributed by atoms with E-state index in [1.54, 1.807) is 16.1 Å². The number of aromatic nitrogens is 6. The predicted molar refractivity (Wildman–Crippen MR) is 108 cm³/mol. The van der Waals surface area contributed by atoms with Crippen LogP contribution in [0.4, 0.5) is 5.95 Å². The van der Waals surface area contributed by atoms with E-state index in [0.717, 1.165) is 48.0 Å². The summed E-state index contributed by atoms with van der Waals surface area (Å²) in [7, 11) is 1.61. The molecule has 0 amide bonds. The van der Waals surface area contributed by atoms with Crippen molar-refractivity contribution in [2.24, 2.45) is 0 Å². The third-order valence-corrected chi connectivity index (χ3v) is 5.66. The molecule has 4 heterocycles. The van der Waals surface area contributed by atoms with E-state index < -0.39 is 5.60 Å². The fourth-order valence-corrected chi connectivity index (χ4v) is 3.98. The molecule has 2 N–H and O–H groups in total. The van der Waals surface area contributed by atoms with Crippen molar-refractivity contribution in [3.63, 3.8) is 0 Å². The molecule has 4 aromatic rings. The van der Waals surface area contributed by atoms with Crippen molar-refractivity contribution in [2.75, 3.05) is 12.4 Å². The number of aliphatic hydroxyl groups is 1. The molecule has 1 aliphatic carbocycles. The average Bonchev–Trinajstić information content (AvgIpc) is 3.35. The quantitative estimate of drug-likeness (QED) is 0.549. The first-order valence-electron chi connectivity index (χ1n) is 9.74. The molecular formula is C20H23N7O2. The van der Waals surface area contributed by atoms with Gasteiger partial charge in [0.25, 0.3) is 0 Å². The summed E-state index contributed by atoms with van der Waals surface area (Å²) in [5, 5.41) is 22.3. The maximum absolute atomic E-state index is 10.2. The number of rotatable bonds is 4. The number of methoxy groups -OCH3 is 1. The summed E-state index contributed by atoms with van der Waals surface area (Å²) >= 11 is 0. The predicted octanol–water partition coefficient (Wildman–Crippen LogP) is 2.55. The molecule has 0 saturated heterocycles. The Kier molecular flexibility index (Phi) is 4.13. The van der Waals surface area contributed by atoms with Crippen LogP contribution in [-0.2, 0) is 0 Å². The van der Waals surface area contributed by atoms with Crippen molar-refractivity contribution in [3.05, 3.63) is 36.9 Å². The van der Waals surface area contributed by atoms with Crippen molar-refractivity contribution >= 4 is 17.1 Å². The molecule has 29 heavy (non-hydrogen) atoms. The SMILES string of the molecule is COc1nc(NC2CCC(C)(O)CC2)nn2ccc(-c3ccn4ncnc4c3)c12. The lowest BCUT2D eigenvalue weighted by molar-refractivity contribution is 0.0195. The zero-order valence-electron chi connectivity index (χ0n) is 16.4. The normalized spacial score (nSPS) is 22.2. The maximum atomic E-state index is 10.2. The molecule has 0 aliphatic heterocycles. The summed E-state index contributed by atoms with van der Waals surface area (Å²) in [4.78, 5) is 8.86. The van der Waals surface area contributed by atoms with Crippen LogP contribution in [0, 0.1) is 0 Å². The smallest absolute Gasteiger partial charge is 0.244 e. The van der Waals surface area contributed by atoms with Crippen LogP contribution in [0.1, 0.15) is 32.6 Å². The second-order valence-electron chi connectivity index (χ2n) is 7.86. The molecule has 0 radical (unpaired) electrons. The number of hydrogen-bond donors (Lipinski definition) is 2. The van der Waals surface area contributed by atoms with Crippen molar-refractivity contribution in [1.82, 2.24) is 29.2 Å². The molecule has 0 bridgehead atoms. The fraction of sp³-hybridized carbons (Fsp3) is 0.400. The van der Waals surface area contributed by atoms with E-state index in [1.807, 2.05) is 37.5 Å². The van der Waals surface area contributed by atoms with E-state index in [9.17, 15) is 5.11 Å². The van der Waals surface area contributed by atoms with Gasteiger partial charge in [0.05, 0.1) is 12.7 Å². The van der Waals surface area contributed by atoms with E-state index in [2.05, 4.69) is 25.5 Å². The van der Waals surface area contributed by atoms with Gasteiger partial charge in [-0.3, -0.25) is 0 Å². The van der Waals surface area contributed by atoms with Gasteiger partial charge in [0, 0.05) is 24.0 Å². The Labute approximate surface area is 167 Å². The first-order chi connectivity index (χ1) is 14.0.